The Morgan fingerprint density at radius 1 is 1.18 bits per heavy atom. The van der Waals surface area contributed by atoms with Crippen molar-refractivity contribution in [1.82, 2.24) is 0 Å². The maximum atomic E-state index is 12.0. The molecule has 2 aliphatic rings. The third kappa shape index (κ3) is 5.48. The molecule has 158 valence electrons. The first-order chi connectivity index (χ1) is 12.9. The Kier molecular flexibility index (Phi) is 7.17. The number of carbonyl (C=O) groups is 2. The summed E-state index contributed by atoms with van der Waals surface area (Å²) in [5.41, 5.74) is 0.559. The number of hydrogen-bond donors (Lipinski definition) is 0. The van der Waals surface area contributed by atoms with Crippen molar-refractivity contribution in [2.45, 2.75) is 92.3 Å². The summed E-state index contributed by atoms with van der Waals surface area (Å²) in [5.74, 6) is 0.213. The topological polar surface area (TPSA) is 52.6 Å². The molecule has 0 aliphatic heterocycles. The Balaban J connectivity index is 2.52. The van der Waals surface area contributed by atoms with Gasteiger partial charge in [-0.25, -0.2) is 0 Å². The van der Waals surface area contributed by atoms with Gasteiger partial charge in [-0.15, -0.1) is 0 Å². The number of esters is 2. The SMILES string of the molecule is CC(=O)O[C@H]1C/C(C)=C/CC[C@H](C)/C=C/[C@@]2(C)CC[C@@H](C(C)(C)OC(C)=O)[C@H]12. The lowest BCUT2D eigenvalue weighted by molar-refractivity contribution is -0.168. The number of allylic oxidation sites excluding steroid dienone is 3. The average Bonchev–Trinajstić information content (AvgIpc) is 2.88. The number of rotatable bonds is 3. The summed E-state index contributed by atoms with van der Waals surface area (Å²) < 4.78 is 11.7. The molecule has 2 aliphatic carbocycles. The Bertz CT molecular complexity index is 645. The van der Waals surface area contributed by atoms with E-state index in [-0.39, 0.29) is 35.3 Å². The summed E-state index contributed by atoms with van der Waals surface area (Å²) in [4.78, 5) is 23.7. The highest BCUT2D eigenvalue weighted by Gasteiger charge is 2.54. The lowest BCUT2D eigenvalue weighted by Crippen LogP contribution is -2.46. The Hall–Kier alpha value is -1.58. The molecule has 2 rings (SSSR count). The molecular weight excluding hydrogens is 352 g/mol. The zero-order valence-corrected chi connectivity index (χ0v) is 18.7. The largest absolute Gasteiger partial charge is 0.462 e. The van der Waals surface area contributed by atoms with E-state index in [0.29, 0.717) is 5.92 Å². The van der Waals surface area contributed by atoms with E-state index in [1.807, 2.05) is 13.8 Å². The summed E-state index contributed by atoms with van der Waals surface area (Å²) in [7, 11) is 0. The van der Waals surface area contributed by atoms with E-state index in [9.17, 15) is 9.59 Å². The zero-order valence-electron chi connectivity index (χ0n) is 18.7. The molecule has 28 heavy (non-hydrogen) atoms. The minimum Gasteiger partial charge on any atom is -0.462 e. The lowest BCUT2D eigenvalue weighted by Gasteiger charge is -2.42. The molecule has 0 aromatic rings. The molecule has 4 heteroatoms. The number of hydrogen-bond acceptors (Lipinski definition) is 4. The highest BCUT2D eigenvalue weighted by molar-refractivity contribution is 5.67. The minimum atomic E-state index is -0.607. The number of carbonyl (C=O) groups excluding carboxylic acids is 2. The molecule has 4 nitrogen and oxygen atoms in total. The predicted octanol–water partition coefficient (Wildman–Crippen LogP) is 5.61. The van der Waals surface area contributed by atoms with Gasteiger partial charge in [0.15, 0.2) is 0 Å². The van der Waals surface area contributed by atoms with Crippen molar-refractivity contribution in [3.05, 3.63) is 23.8 Å². The van der Waals surface area contributed by atoms with Crippen LogP contribution in [0.3, 0.4) is 0 Å². The van der Waals surface area contributed by atoms with E-state index < -0.39 is 5.60 Å². The quantitative estimate of drug-likeness (QED) is 0.464. The van der Waals surface area contributed by atoms with Gasteiger partial charge in [0.05, 0.1) is 0 Å². The first-order valence-electron chi connectivity index (χ1n) is 10.7. The van der Waals surface area contributed by atoms with E-state index in [2.05, 4.69) is 39.0 Å². The fraction of sp³-hybridized carbons (Fsp3) is 0.750. The maximum absolute atomic E-state index is 12.0. The fourth-order valence-corrected chi connectivity index (χ4v) is 5.31. The fourth-order valence-electron chi connectivity index (χ4n) is 5.31. The van der Waals surface area contributed by atoms with Gasteiger partial charge in [0.2, 0.25) is 0 Å². The van der Waals surface area contributed by atoms with Gasteiger partial charge in [-0.2, -0.15) is 0 Å². The van der Waals surface area contributed by atoms with Gasteiger partial charge in [-0.3, -0.25) is 9.59 Å². The Labute approximate surface area is 170 Å². The molecule has 1 fully saturated rings. The van der Waals surface area contributed by atoms with E-state index in [1.165, 1.54) is 19.4 Å². The first kappa shape index (κ1) is 22.7. The molecule has 0 heterocycles. The third-order valence-corrected chi connectivity index (χ3v) is 6.65. The van der Waals surface area contributed by atoms with Gasteiger partial charge in [0.25, 0.3) is 0 Å². The second-order valence-electron chi connectivity index (χ2n) is 9.69. The third-order valence-electron chi connectivity index (χ3n) is 6.65. The molecule has 0 saturated heterocycles. The van der Waals surface area contributed by atoms with Crippen LogP contribution in [0.4, 0.5) is 0 Å². The molecule has 1 saturated carbocycles. The van der Waals surface area contributed by atoms with Crippen LogP contribution >= 0.6 is 0 Å². The van der Waals surface area contributed by atoms with Crippen LogP contribution in [0.5, 0.6) is 0 Å². The highest BCUT2D eigenvalue weighted by Crippen LogP contribution is 2.55. The van der Waals surface area contributed by atoms with Crippen molar-refractivity contribution in [1.29, 1.82) is 0 Å². The van der Waals surface area contributed by atoms with Gasteiger partial charge in [-0.05, 0) is 57.8 Å². The smallest absolute Gasteiger partial charge is 0.303 e. The van der Waals surface area contributed by atoms with Crippen LogP contribution in [-0.2, 0) is 19.1 Å². The van der Waals surface area contributed by atoms with Gasteiger partial charge in [0.1, 0.15) is 11.7 Å². The number of ether oxygens (including phenoxy) is 2. The first-order valence-corrected chi connectivity index (χ1v) is 10.7. The molecule has 0 amide bonds. The van der Waals surface area contributed by atoms with E-state index in [1.54, 1.807) is 0 Å². The Morgan fingerprint density at radius 2 is 1.86 bits per heavy atom. The molecule has 0 N–H and O–H groups in total. The molecule has 0 radical (unpaired) electrons. The van der Waals surface area contributed by atoms with Crippen LogP contribution in [0.1, 0.15) is 80.6 Å². The van der Waals surface area contributed by atoms with Crippen LogP contribution in [0, 0.1) is 23.2 Å². The highest BCUT2D eigenvalue weighted by atomic mass is 16.6. The van der Waals surface area contributed by atoms with Crippen molar-refractivity contribution >= 4 is 11.9 Å². The van der Waals surface area contributed by atoms with Crippen LogP contribution in [0.25, 0.3) is 0 Å². The molecule has 0 bridgehead atoms. The van der Waals surface area contributed by atoms with Crippen LogP contribution in [0.2, 0.25) is 0 Å². The van der Waals surface area contributed by atoms with Crippen LogP contribution in [-0.4, -0.2) is 23.6 Å². The molecule has 0 aromatic heterocycles. The van der Waals surface area contributed by atoms with Gasteiger partial charge >= 0.3 is 11.9 Å². The molecule has 0 unspecified atom stereocenters. The monoisotopic (exact) mass is 390 g/mol. The molecule has 5 atom stereocenters. The molecule has 0 aromatic carbocycles. The van der Waals surface area contributed by atoms with Crippen molar-refractivity contribution in [3.63, 3.8) is 0 Å². The van der Waals surface area contributed by atoms with Crippen molar-refractivity contribution < 1.29 is 19.1 Å². The van der Waals surface area contributed by atoms with E-state index >= 15 is 0 Å². The van der Waals surface area contributed by atoms with Crippen LogP contribution < -0.4 is 0 Å². The van der Waals surface area contributed by atoms with E-state index in [0.717, 1.165) is 32.1 Å². The summed E-state index contributed by atoms with van der Waals surface area (Å²) >= 11 is 0. The summed E-state index contributed by atoms with van der Waals surface area (Å²) in [6.07, 6.45) is 11.6. The van der Waals surface area contributed by atoms with Crippen LogP contribution in [0.15, 0.2) is 23.8 Å². The second kappa shape index (κ2) is 8.84. The van der Waals surface area contributed by atoms with E-state index in [4.69, 9.17) is 9.47 Å². The van der Waals surface area contributed by atoms with Gasteiger partial charge in [-0.1, -0.05) is 37.6 Å². The zero-order chi connectivity index (χ0) is 21.1. The van der Waals surface area contributed by atoms with Crippen molar-refractivity contribution in [3.8, 4) is 0 Å². The molecule has 0 spiro atoms. The summed E-state index contributed by atoms with van der Waals surface area (Å²) in [5, 5.41) is 0. The van der Waals surface area contributed by atoms with Gasteiger partial charge < -0.3 is 9.47 Å². The lowest BCUT2D eigenvalue weighted by atomic mass is 9.68. The average molecular weight is 391 g/mol. The predicted molar refractivity (Wildman–Crippen MR) is 112 cm³/mol. The summed E-state index contributed by atoms with van der Waals surface area (Å²) in [6.45, 7) is 13.6. The maximum Gasteiger partial charge on any atom is 0.303 e. The van der Waals surface area contributed by atoms with Gasteiger partial charge in [0, 0.05) is 32.1 Å². The number of fused-ring (bicyclic) bond motifs is 1. The molecular formula is C24H38O4. The van der Waals surface area contributed by atoms with Crippen molar-refractivity contribution in [2.75, 3.05) is 0 Å². The summed E-state index contributed by atoms with van der Waals surface area (Å²) in [6, 6.07) is 0. The standard InChI is InChI=1S/C24H38O4/c1-16-9-8-10-17(2)15-21(27-18(3)25)22-20(23(5,6)28-19(4)26)12-14-24(22,7)13-11-16/h10-11,13,16,20-22H,8-9,12,14-15H2,1-7H3/b13-11+,17-10+/t16-,20+,21-,22+,24-/m0/s1. The minimum absolute atomic E-state index is 0.0932. The normalized spacial score (nSPS) is 37.0. The Morgan fingerprint density at radius 3 is 2.46 bits per heavy atom. The second-order valence-corrected chi connectivity index (χ2v) is 9.69. The van der Waals surface area contributed by atoms with Crippen molar-refractivity contribution in [2.24, 2.45) is 23.2 Å².